The van der Waals surface area contributed by atoms with Gasteiger partial charge in [-0.25, -0.2) is 0 Å². The quantitative estimate of drug-likeness (QED) is 0.756. The molecule has 2 heterocycles. The van der Waals surface area contributed by atoms with Gasteiger partial charge in [0.05, 0.1) is 5.69 Å². The van der Waals surface area contributed by atoms with E-state index in [-0.39, 0.29) is 0 Å². The molecule has 68 valence electrons. The van der Waals surface area contributed by atoms with Crippen LogP contribution >= 0.6 is 0 Å². The number of fused-ring (bicyclic) bond motifs is 1. The monoisotopic (exact) mass is 176 g/mol. The topological polar surface area (TPSA) is 52.0 Å². The Kier molecular flexibility index (Phi) is 2.02. The zero-order valence-electron chi connectivity index (χ0n) is 7.58. The first-order valence-corrected chi connectivity index (χ1v) is 4.34. The van der Waals surface area contributed by atoms with Crippen LogP contribution in [0.2, 0.25) is 0 Å². The zero-order valence-corrected chi connectivity index (χ0v) is 7.58. The second-order valence-electron chi connectivity index (χ2n) is 3.05. The fourth-order valence-corrected chi connectivity index (χ4v) is 1.50. The van der Waals surface area contributed by atoms with E-state index < -0.39 is 0 Å². The summed E-state index contributed by atoms with van der Waals surface area (Å²) in [7, 11) is 0. The summed E-state index contributed by atoms with van der Waals surface area (Å²) < 4.78 is 5.32. The Morgan fingerprint density at radius 1 is 1.46 bits per heavy atom. The molecule has 3 nitrogen and oxygen atoms in total. The maximum Gasteiger partial charge on any atom is 0.108 e. The number of hydrogen-bond donors (Lipinski definition) is 1. The fraction of sp³-hybridized carbons (Fsp3) is 0.300. The molecule has 0 bridgehead atoms. The van der Waals surface area contributed by atoms with E-state index in [1.807, 2.05) is 13.0 Å². The molecule has 13 heavy (non-hydrogen) atoms. The molecule has 0 aromatic carbocycles. The standard InChI is InChI=1S/C10H12N2O/c1-7-8-3-5-12-10(2-4-11)9(8)6-13-7/h3,5-6H,2,4,11H2,1H3. The lowest BCUT2D eigenvalue weighted by Crippen LogP contribution is -2.04. The SMILES string of the molecule is Cc1occ2c(CCN)nccc12. The number of aryl methyl sites for hydroxylation is 1. The molecule has 0 saturated carbocycles. The van der Waals surface area contributed by atoms with Crippen molar-refractivity contribution in [2.45, 2.75) is 13.3 Å². The van der Waals surface area contributed by atoms with Crippen molar-refractivity contribution in [2.75, 3.05) is 6.54 Å². The van der Waals surface area contributed by atoms with E-state index in [9.17, 15) is 0 Å². The Morgan fingerprint density at radius 2 is 2.31 bits per heavy atom. The third-order valence-electron chi connectivity index (χ3n) is 2.19. The van der Waals surface area contributed by atoms with Crippen molar-refractivity contribution in [2.24, 2.45) is 5.73 Å². The molecule has 0 radical (unpaired) electrons. The van der Waals surface area contributed by atoms with Gasteiger partial charge in [-0.3, -0.25) is 4.98 Å². The molecule has 2 aromatic heterocycles. The van der Waals surface area contributed by atoms with Crippen molar-refractivity contribution in [3.63, 3.8) is 0 Å². The van der Waals surface area contributed by atoms with Crippen molar-refractivity contribution < 1.29 is 4.42 Å². The minimum absolute atomic E-state index is 0.621. The number of aromatic nitrogens is 1. The summed E-state index contributed by atoms with van der Waals surface area (Å²) in [5, 5.41) is 2.23. The average Bonchev–Trinajstić information content (AvgIpc) is 2.50. The minimum Gasteiger partial charge on any atom is -0.468 e. The molecular weight excluding hydrogens is 164 g/mol. The average molecular weight is 176 g/mol. The summed E-state index contributed by atoms with van der Waals surface area (Å²) in [6, 6.07) is 1.97. The van der Waals surface area contributed by atoms with Gasteiger partial charge in [0.25, 0.3) is 0 Å². The largest absolute Gasteiger partial charge is 0.468 e. The molecule has 0 aliphatic heterocycles. The van der Waals surface area contributed by atoms with Gasteiger partial charge in [0, 0.05) is 23.4 Å². The van der Waals surface area contributed by atoms with Crippen LogP contribution in [0, 0.1) is 6.92 Å². The second kappa shape index (κ2) is 3.18. The summed E-state index contributed by atoms with van der Waals surface area (Å²) in [6.45, 7) is 2.57. The zero-order chi connectivity index (χ0) is 9.26. The highest BCUT2D eigenvalue weighted by atomic mass is 16.3. The van der Waals surface area contributed by atoms with E-state index in [0.29, 0.717) is 6.54 Å². The van der Waals surface area contributed by atoms with E-state index in [0.717, 1.165) is 28.6 Å². The number of pyridine rings is 1. The summed E-state index contributed by atoms with van der Waals surface area (Å²) in [6.07, 6.45) is 4.36. The summed E-state index contributed by atoms with van der Waals surface area (Å²) >= 11 is 0. The van der Waals surface area contributed by atoms with Crippen molar-refractivity contribution in [3.05, 3.63) is 30.0 Å². The Balaban J connectivity index is 2.63. The van der Waals surface area contributed by atoms with Crippen LogP contribution in [0.15, 0.2) is 22.9 Å². The smallest absolute Gasteiger partial charge is 0.108 e. The molecule has 0 atom stereocenters. The van der Waals surface area contributed by atoms with E-state index in [2.05, 4.69) is 4.98 Å². The highest BCUT2D eigenvalue weighted by Crippen LogP contribution is 2.22. The Morgan fingerprint density at radius 3 is 3.08 bits per heavy atom. The Bertz CT molecular complexity index is 420. The Labute approximate surface area is 76.6 Å². The highest BCUT2D eigenvalue weighted by molar-refractivity contribution is 5.85. The van der Waals surface area contributed by atoms with Crippen molar-refractivity contribution >= 4 is 10.8 Å². The number of nitrogens with zero attached hydrogens (tertiary/aromatic N) is 1. The van der Waals surface area contributed by atoms with Crippen LogP contribution in [-0.4, -0.2) is 11.5 Å². The first kappa shape index (κ1) is 8.26. The molecule has 2 N–H and O–H groups in total. The van der Waals surface area contributed by atoms with Gasteiger partial charge in [0.2, 0.25) is 0 Å². The summed E-state index contributed by atoms with van der Waals surface area (Å²) in [4.78, 5) is 4.27. The van der Waals surface area contributed by atoms with Gasteiger partial charge >= 0.3 is 0 Å². The summed E-state index contributed by atoms with van der Waals surface area (Å²) in [5.41, 5.74) is 6.51. The predicted octanol–water partition coefficient (Wildman–Crippen LogP) is 1.64. The third-order valence-corrected chi connectivity index (χ3v) is 2.19. The number of rotatable bonds is 2. The molecule has 0 spiro atoms. The van der Waals surface area contributed by atoms with Crippen LogP contribution in [0.4, 0.5) is 0 Å². The molecular formula is C10H12N2O. The number of furan rings is 1. The van der Waals surface area contributed by atoms with Gasteiger partial charge in [0.15, 0.2) is 0 Å². The minimum atomic E-state index is 0.621. The molecule has 0 fully saturated rings. The normalized spacial score (nSPS) is 10.9. The first-order chi connectivity index (χ1) is 6.33. The van der Waals surface area contributed by atoms with Gasteiger partial charge in [-0.1, -0.05) is 0 Å². The molecule has 0 unspecified atom stereocenters. The van der Waals surface area contributed by atoms with E-state index in [1.165, 1.54) is 0 Å². The van der Waals surface area contributed by atoms with Gasteiger partial charge in [-0.2, -0.15) is 0 Å². The van der Waals surface area contributed by atoms with Crippen LogP contribution in [-0.2, 0) is 6.42 Å². The molecule has 0 aliphatic carbocycles. The number of hydrogen-bond acceptors (Lipinski definition) is 3. The molecule has 0 aliphatic rings. The van der Waals surface area contributed by atoms with Crippen molar-refractivity contribution in [3.8, 4) is 0 Å². The predicted molar refractivity (Wildman–Crippen MR) is 51.5 cm³/mol. The lowest BCUT2D eigenvalue weighted by Gasteiger charge is -1.98. The highest BCUT2D eigenvalue weighted by Gasteiger charge is 2.06. The lowest BCUT2D eigenvalue weighted by atomic mass is 10.1. The molecule has 3 heteroatoms. The Hall–Kier alpha value is -1.35. The van der Waals surface area contributed by atoms with Crippen LogP contribution < -0.4 is 5.73 Å². The van der Waals surface area contributed by atoms with E-state index >= 15 is 0 Å². The van der Waals surface area contributed by atoms with Crippen LogP contribution in [0.25, 0.3) is 10.8 Å². The maximum atomic E-state index is 5.49. The second-order valence-corrected chi connectivity index (χ2v) is 3.05. The summed E-state index contributed by atoms with van der Waals surface area (Å²) in [5.74, 6) is 0.940. The van der Waals surface area contributed by atoms with Crippen molar-refractivity contribution in [1.82, 2.24) is 4.98 Å². The van der Waals surface area contributed by atoms with Crippen LogP contribution in [0.5, 0.6) is 0 Å². The van der Waals surface area contributed by atoms with E-state index in [4.69, 9.17) is 10.2 Å². The molecule has 0 amide bonds. The third kappa shape index (κ3) is 1.31. The molecule has 2 rings (SSSR count). The maximum absolute atomic E-state index is 5.49. The van der Waals surface area contributed by atoms with E-state index in [1.54, 1.807) is 12.5 Å². The molecule has 0 saturated heterocycles. The van der Waals surface area contributed by atoms with Gasteiger partial charge in [0.1, 0.15) is 12.0 Å². The van der Waals surface area contributed by atoms with Gasteiger partial charge in [-0.15, -0.1) is 0 Å². The van der Waals surface area contributed by atoms with Crippen molar-refractivity contribution in [1.29, 1.82) is 0 Å². The number of nitrogens with two attached hydrogens (primary N) is 1. The van der Waals surface area contributed by atoms with Gasteiger partial charge < -0.3 is 10.2 Å². The van der Waals surface area contributed by atoms with Crippen LogP contribution in [0.3, 0.4) is 0 Å². The molecule has 2 aromatic rings. The fourth-order valence-electron chi connectivity index (χ4n) is 1.50. The lowest BCUT2D eigenvalue weighted by molar-refractivity contribution is 0.539. The van der Waals surface area contributed by atoms with Crippen LogP contribution in [0.1, 0.15) is 11.5 Å². The first-order valence-electron chi connectivity index (χ1n) is 4.34. The van der Waals surface area contributed by atoms with Gasteiger partial charge in [-0.05, 0) is 19.5 Å².